The third kappa shape index (κ3) is 5.39. The first kappa shape index (κ1) is 27.2. The van der Waals surface area contributed by atoms with Crippen molar-refractivity contribution in [3.05, 3.63) is 106 Å². The quantitative estimate of drug-likeness (QED) is 0.140. The predicted molar refractivity (Wildman–Crippen MR) is 165 cm³/mol. The van der Waals surface area contributed by atoms with Gasteiger partial charge in [-0.25, -0.2) is 0 Å². The van der Waals surface area contributed by atoms with Gasteiger partial charge in [0.15, 0.2) is 5.11 Å². The molecule has 2 fully saturated rings. The summed E-state index contributed by atoms with van der Waals surface area (Å²) >= 11 is 12.8. The van der Waals surface area contributed by atoms with E-state index in [-0.39, 0.29) is 17.8 Å². The first-order valence-electron chi connectivity index (χ1n) is 13.7. The van der Waals surface area contributed by atoms with Crippen molar-refractivity contribution >= 4 is 46.0 Å². The fraction of sp³-hybridized carbons (Fsp3) is 0.290. The van der Waals surface area contributed by atoms with Gasteiger partial charge in [0.2, 0.25) is 0 Å². The Hall–Kier alpha value is -3.95. The van der Waals surface area contributed by atoms with Crippen molar-refractivity contribution in [2.45, 2.75) is 32.4 Å². The molecule has 0 aliphatic carbocycles. The molecule has 2 aromatic heterocycles. The maximum Gasteiger partial charge on any atom is 0.269 e. The summed E-state index contributed by atoms with van der Waals surface area (Å²) in [5.74, 6) is 2.50. The van der Waals surface area contributed by atoms with Crippen LogP contribution in [0.5, 0.6) is 0 Å². The summed E-state index contributed by atoms with van der Waals surface area (Å²) in [6.45, 7) is 6.54. The number of nitro groups is 1. The van der Waals surface area contributed by atoms with Crippen molar-refractivity contribution in [2.75, 3.05) is 22.9 Å². The molecule has 2 saturated heterocycles. The smallest absolute Gasteiger partial charge is 0.269 e. The molecule has 4 heterocycles. The molecular weight excluding hydrogens is 558 g/mol. The van der Waals surface area contributed by atoms with Crippen molar-refractivity contribution in [1.29, 1.82) is 0 Å². The van der Waals surface area contributed by atoms with E-state index in [1.54, 1.807) is 18.3 Å². The third-order valence-corrected chi connectivity index (χ3v) is 8.42. The van der Waals surface area contributed by atoms with Crippen LogP contribution in [0.25, 0.3) is 11.3 Å². The molecule has 41 heavy (non-hydrogen) atoms. The Morgan fingerprint density at radius 3 is 2.46 bits per heavy atom. The lowest BCUT2D eigenvalue weighted by molar-refractivity contribution is -0.384. The third-order valence-electron chi connectivity index (χ3n) is 7.80. The fourth-order valence-corrected chi connectivity index (χ4v) is 6.74. The number of piperidine rings is 1. The van der Waals surface area contributed by atoms with E-state index in [0.29, 0.717) is 33.5 Å². The van der Waals surface area contributed by atoms with Crippen LogP contribution in [0, 0.1) is 22.0 Å². The Kier molecular flexibility index (Phi) is 7.40. The largest absolute Gasteiger partial charge is 0.459 e. The predicted octanol–water partition coefficient (Wildman–Crippen LogP) is 7.56. The average molecular weight is 588 g/mol. The first-order chi connectivity index (χ1) is 19.8. The van der Waals surface area contributed by atoms with Gasteiger partial charge < -0.3 is 19.5 Å². The lowest BCUT2D eigenvalue weighted by atomic mass is 9.91. The van der Waals surface area contributed by atoms with Crippen LogP contribution < -0.4 is 15.1 Å². The van der Waals surface area contributed by atoms with Gasteiger partial charge in [-0.3, -0.25) is 15.1 Å². The average Bonchev–Trinajstić information content (AvgIpc) is 3.57. The highest BCUT2D eigenvalue weighted by atomic mass is 35.5. The second-order valence-corrected chi connectivity index (χ2v) is 11.8. The van der Waals surface area contributed by atoms with Crippen LogP contribution in [0.2, 0.25) is 5.02 Å². The van der Waals surface area contributed by atoms with Gasteiger partial charge in [0.05, 0.1) is 27.4 Å². The number of hydrogen-bond donors (Lipinski definition) is 1. The lowest BCUT2D eigenvalue weighted by Gasteiger charge is -2.37. The zero-order chi connectivity index (χ0) is 28.7. The minimum atomic E-state index is -0.416. The molecule has 8 nitrogen and oxygen atoms in total. The van der Waals surface area contributed by atoms with Crippen LogP contribution in [-0.4, -0.2) is 28.1 Å². The SMILES string of the molecule is C[C@@H]1C[C@H](C)CN(c2ccc(N3C(=S)N[C@H](c4ccccn4)[C@@H]3c3ccc(-c4ccc([N+](=O)[O-])cc4)o3)cc2Cl)C1. The standard InChI is InChI=1S/C31H30ClN5O3S/c1-19-15-20(2)18-35(17-19)26-11-10-23(16-24(26)32)36-30(29(34-31(36)41)25-5-3-4-14-33-25)28-13-12-27(40-28)21-6-8-22(9-7-21)37(38)39/h3-14,16,19-20,29-30H,15,17-18H2,1-2H3,(H,34,41)/t19-,20+,29-,30+/m1/s1. The van der Waals surface area contributed by atoms with Gasteiger partial charge in [0.1, 0.15) is 17.6 Å². The molecule has 2 aliphatic heterocycles. The monoisotopic (exact) mass is 587 g/mol. The zero-order valence-corrected chi connectivity index (χ0v) is 24.3. The van der Waals surface area contributed by atoms with Crippen LogP contribution in [0.4, 0.5) is 17.1 Å². The molecule has 0 unspecified atom stereocenters. The molecule has 210 valence electrons. The van der Waals surface area contributed by atoms with Gasteiger partial charge in [0, 0.05) is 42.7 Å². The summed E-state index contributed by atoms with van der Waals surface area (Å²) in [4.78, 5) is 19.7. The summed E-state index contributed by atoms with van der Waals surface area (Å²) in [7, 11) is 0. The molecule has 4 aromatic rings. The number of rotatable bonds is 6. The van der Waals surface area contributed by atoms with Crippen molar-refractivity contribution in [1.82, 2.24) is 10.3 Å². The molecule has 0 radical (unpaired) electrons. The first-order valence-corrected chi connectivity index (χ1v) is 14.5. The Morgan fingerprint density at radius 1 is 1.05 bits per heavy atom. The lowest BCUT2D eigenvalue weighted by Crippen LogP contribution is -2.38. The van der Waals surface area contributed by atoms with Crippen molar-refractivity contribution in [3.8, 4) is 11.3 Å². The minimum Gasteiger partial charge on any atom is -0.459 e. The number of nitrogens with one attached hydrogen (secondary N) is 1. The van der Waals surface area contributed by atoms with Gasteiger partial charge in [-0.1, -0.05) is 31.5 Å². The highest BCUT2D eigenvalue weighted by Gasteiger charge is 2.43. The molecule has 0 amide bonds. The zero-order valence-electron chi connectivity index (χ0n) is 22.7. The van der Waals surface area contributed by atoms with Gasteiger partial charge in [-0.15, -0.1) is 0 Å². The molecule has 2 aromatic carbocycles. The molecule has 0 bridgehead atoms. The van der Waals surface area contributed by atoms with E-state index < -0.39 is 4.92 Å². The second-order valence-electron chi connectivity index (χ2n) is 11.0. The Bertz CT molecular complexity index is 1570. The molecule has 4 atom stereocenters. The summed E-state index contributed by atoms with van der Waals surface area (Å²) in [5.41, 5.74) is 3.48. The van der Waals surface area contributed by atoms with E-state index in [1.165, 1.54) is 18.6 Å². The molecule has 1 N–H and O–H groups in total. The number of non-ortho nitro benzene ring substituents is 1. The molecule has 6 rings (SSSR count). The number of aromatic nitrogens is 1. The van der Waals surface area contributed by atoms with E-state index in [1.807, 2.05) is 41.3 Å². The normalized spacial score (nSPS) is 22.6. The van der Waals surface area contributed by atoms with Gasteiger partial charge in [0.25, 0.3) is 5.69 Å². The number of anilines is 2. The highest BCUT2D eigenvalue weighted by molar-refractivity contribution is 7.80. The summed E-state index contributed by atoms with van der Waals surface area (Å²) in [6.07, 6.45) is 2.98. The van der Waals surface area contributed by atoms with E-state index in [9.17, 15) is 10.1 Å². The van der Waals surface area contributed by atoms with Gasteiger partial charge in [-0.05, 0) is 85.1 Å². The summed E-state index contributed by atoms with van der Waals surface area (Å²) in [6, 6.07) is 21.4. The maximum absolute atomic E-state index is 11.1. The van der Waals surface area contributed by atoms with Crippen molar-refractivity contribution in [3.63, 3.8) is 0 Å². The van der Waals surface area contributed by atoms with E-state index in [0.717, 1.165) is 35.7 Å². The number of benzene rings is 2. The number of nitro benzene ring substituents is 1. The van der Waals surface area contributed by atoms with Crippen LogP contribution >= 0.6 is 23.8 Å². The number of nitrogens with zero attached hydrogens (tertiary/aromatic N) is 4. The number of thiocarbonyl (C=S) groups is 1. The number of hydrogen-bond acceptors (Lipinski definition) is 6. The van der Waals surface area contributed by atoms with E-state index >= 15 is 0 Å². The second kappa shape index (κ2) is 11.1. The maximum atomic E-state index is 11.1. The summed E-state index contributed by atoms with van der Waals surface area (Å²) < 4.78 is 6.40. The van der Waals surface area contributed by atoms with Crippen LogP contribution in [0.15, 0.2) is 83.4 Å². The van der Waals surface area contributed by atoms with Gasteiger partial charge >= 0.3 is 0 Å². The van der Waals surface area contributed by atoms with E-state index in [2.05, 4.69) is 41.2 Å². The molecular formula is C31H30ClN5O3S. The van der Waals surface area contributed by atoms with Crippen molar-refractivity contribution < 1.29 is 9.34 Å². The van der Waals surface area contributed by atoms with Crippen LogP contribution in [-0.2, 0) is 0 Å². The van der Waals surface area contributed by atoms with Crippen molar-refractivity contribution in [2.24, 2.45) is 11.8 Å². The molecule has 0 spiro atoms. The number of pyridine rings is 1. The minimum absolute atomic E-state index is 0.0288. The highest BCUT2D eigenvalue weighted by Crippen LogP contribution is 2.44. The molecule has 10 heteroatoms. The Labute approximate surface area is 249 Å². The number of halogens is 1. The van der Waals surface area contributed by atoms with Crippen LogP contribution in [0.1, 0.15) is 43.8 Å². The van der Waals surface area contributed by atoms with E-state index in [4.69, 9.17) is 28.2 Å². The number of furan rings is 1. The topological polar surface area (TPSA) is 87.7 Å². The van der Waals surface area contributed by atoms with Gasteiger partial charge in [-0.2, -0.15) is 0 Å². The fourth-order valence-electron chi connectivity index (χ4n) is 6.10. The molecule has 2 aliphatic rings. The Balaban J connectivity index is 1.37. The van der Waals surface area contributed by atoms with Crippen LogP contribution in [0.3, 0.4) is 0 Å². The summed E-state index contributed by atoms with van der Waals surface area (Å²) in [5, 5.41) is 15.8. The Morgan fingerprint density at radius 2 is 1.80 bits per heavy atom. The molecule has 0 saturated carbocycles.